The molecule has 1 aromatic rings. The first-order valence-electron chi connectivity index (χ1n) is 2.79. The molecule has 0 aliphatic rings. The summed E-state index contributed by atoms with van der Waals surface area (Å²) in [5.74, 6) is -0.384. The maximum absolute atomic E-state index is 12.8. The number of hydrogen-bond donors (Lipinski definition) is 1. The molecule has 0 spiro atoms. The Hall–Kier alpha value is -0.410. The van der Waals surface area contributed by atoms with Gasteiger partial charge in [0.2, 0.25) is 0 Å². The Balaban J connectivity index is 3.14. The minimum absolute atomic E-state index is 0.259. The van der Waals surface area contributed by atoms with E-state index in [4.69, 9.17) is 5.11 Å². The summed E-state index contributed by atoms with van der Waals surface area (Å²) in [4.78, 5) is 0. The second-order valence-corrected chi connectivity index (χ2v) is 2.73. The zero-order valence-electron chi connectivity index (χ0n) is 5.14. The van der Waals surface area contributed by atoms with Crippen LogP contribution in [0.15, 0.2) is 22.7 Å². The highest BCUT2D eigenvalue weighted by molar-refractivity contribution is 9.10. The molecule has 1 rings (SSSR count). The normalized spacial score (nSPS) is 9.90. The predicted molar refractivity (Wildman–Crippen MR) is 40.0 cm³/mol. The average Bonchev–Trinajstić information content (AvgIpc) is 1.95. The monoisotopic (exact) mass is 204 g/mol. The van der Waals surface area contributed by atoms with Gasteiger partial charge in [0, 0.05) is 5.56 Å². The topological polar surface area (TPSA) is 20.2 Å². The molecule has 1 N–H and O–H groups in total. The van der Waals surface area contributed by atoms with E-state index in [9.17, 15) is 4.39 Å². The molecule has 1 nitrogen and oxygen atoms in total. The number of halogens is 2. The van der Waals surface area contributed by atoms with Crippen molar-refractivity contribution in [3.8, 4) is 0 Å². The summed E-state index contributed by atoms with van der Waals surface area (Å²) in [6.07, 6.45) is 0. The third-order valence-corrected chi connectivity index (χ3v) is 1.81. The highest BCUT2D eigenvalue weighted by atomic mass is 79.9. The van der Waals surface area contributed by atoms with E-state index in [0.717, 1.165) is 0 Å². The molecule has 3 heteroatoms. The Labute approximate surface area is 66.6 Å². The summed E-state index contributed by atoms with van der Waals surface area (Å²) < 4.78 is 13.2. The van der Waals surface area contributed by atoms with Crippen molar-refractivity contribution in [1.29, 1.82) is 0 Å². The van der Waals surface area contributed by atoms with Gasteiger partial charge < -0.3 is 5.11 Å². The third kappa shape index (κ3) is 1.36. The number of aliphatic hydroxyl groups is 1. The molecule has 1 aromatic carbocycles. The molecule has 10 heavy (non-hydrogen) atoms. The minimum atomic E-state index is -0.384. The summed E-state index contributed by atoms with van der Waals surface area (Å²) in [5.41, 5.74) is 0.314. The Morgan fingerprint density at radius 1 is 1.50 bits per heavy atom. The fourth-order valence-corrected chi connectivity index (χ4v) is 1.08. The van der Waals surface area contributed by atoms with Gasteiger partial charge in [-0.15, -0.1) is 0 Å². The predicted octanol–water partition coefficient (Wildman–Crippen LogP) is 2.08. The van der Waals surface area contributed by atoms with Gasteiger partial charge in [-0.2, -0.15) is 0 Å². The molecular formula is C7H6BrFO. The first kappa shape index (κ1) is 7.69. The van der Waals surface area contributed by atoms with E-state index < -0.39 is 0 Å². The molecule has 0 saturated carbocycles. The van der Waals surface area contributed by atoms with Crippen LogP contribution in [0.5, 0.6) is 0 Å². The molecule has 0 atom stereocenters. The highest BCUT2D eigenvalue weighted by Gasteiger charge is 2.02. The average molecular weight is 205 g/mol. The van der Waals surface area contributed by atoms with E-state index in [1.54, 1.807) is 18.2 Å². The molecule has 54 valence electrons. The molecule has 0 aliphatic carbocycles. The zero-order chi connectivity index (χ0) is 7.56. The Kier molecular flexibility index (Phi) is 2.40. The molecule has 0 aromatic heterocycles. The van der Waals surface area contributed by atoms with E-state index in [1.807, 2.05) is 0 Å². The molecule has 0 saturated heterocycles. The Bertz CT molecular complexity index is 237. The standard InChI is InChI=1S/C7H6BrFO/c8-6-3-1-2-5(4-10)7(6)9/h1-3,10H,4H2. The van der Waals surface area contributed by atoms with Gasteiger partial charge in [0.05, 0.1) is 11.1 Å². The van der Waals surface area contributed by atoms with Gasteiger partial charge in [0.25, 0.3) is 0 Å². The van der Waals surface area contributed by atoms with Crippen LogP contribution in [0.1, 0.15) is 5.56 Å². The fourth-order valence-electron chi connectivity index (χ4n) is 0.671. The second-order valence-electron chi connectivity index (χ2n) is 1.87. The van der Waals surface area contributed by atoms with Crippen LogP contribution in [-0.2, 0) is 6.61 Å². The maximum Gasteiger partial charge on any atom is 0.142 e. The van der Waals surface area contributed by atoms with E-state index in [1.165, 1.54) is 0 Å². The van der Waals surface area contributed by atoms with Gasteiger partial charge in [-0.25, -0.2) is 4.39 Å². The minimum Gasteiger partial charge on any atom is -0.392 e. The molecule has 0 unspecified atom stereocenters. The third-order valence-electron chi connectivity index (χ3n) is 1.20. The molecular weight excluding hydrogens is 199 g/mol. The second kappa shape index (κ2) is 3.12. The summed E-state index contributed by atoms with van der Waals surface area (Å²) in [5, 5.41) is 8.58. The highest BCUT2D eigenvalue weighted by Crippen LogP contribution is 2.17. The Morgan fingerprint density at radius 3 is 2.70 bits per heavy atom. The zero-order valence-corrected chi connectivity index (χ0v) is 6.73. The first-order chi connectivity index (χ1) is 4.75. The fraction of sp³-hybridized carbons (Fsp3) is 0.143. The van der Waals surface area contributed by atoms with E-state index >= 15 is 0 Å². The van der Waals surface area contributed by atoms with Gasteiger partial charge in [0.1, 0.15) is 5.82 Å². The van der Waals surface area contributed by atoms with Crippen molar-refractivity contribution in [3.05, 3.63) is 34.1 Å². The summed E-state index contributed by atoms with van der Waals surface area (Å²) in [6, 6.07) is 4.81. The molecule has 0 amide bonds. The summed E-state index contributed by atoms with van der Waals surface area (Å²) >= 11 is 3.00. The van der Waals surface area contributed by atoms with Crippen molar-refractivity contribution in [2.75, 3.05) is 0 Å². The van der Waals surface area contributed by atoms with Crippen LogP contribution in [0.25, 0.3) is 0 Å². The quantitative estimate of drug-likeness (QED) is 0.744. The van der Waals surface area contributed by atoms with Crippen LogP contribution >= 0.6 is 15.9 Å². The number of benzene rings is 1. The van der Waals surface area contributed by atoms with Crippen LogP contribution in [0.3, 0.4) is 0 Å². The lowest BCUT2D eigenvalue weighted by Gasteiger charge is -1.98. The lowest BCUT2D eigenvalue weighted by atomic mass is 10.2. The van der Waals surface area contributed by atoms with E-state index in [-0.39, 0.29) is 12.4 Å². The lowest BCUT2D eigenvalue weighted by Crippen LogP contribution is -1.89. The van der Waals surface area contributed by atoms with Crippen LogP contribution in [0.2, 0.25) is 0 Å². The largest absolute Gasteiger partial charge is 0.392 e. The Morgan fingerprint density at radius 2 is 2.20 bits per heavy atom. The first-order valence-corrected chi connectivity index (χ1v) is 3.58. The van der Waals surface area contributed by atoms with Crippen molar-refractivity contribution >= 4 is 15.9 Å². The van der Waals surface area contributed by atoms with Gasteiger partial charge in [-0.05, 0) is 22.0 Å². The SMILES string of the molecule is OCc1cccc(Br)c1F. The van der Waals surface area contributed by atoms with Crippen molar-refractivity contribution < 1.29 is 9.50 Å². The van der Waals surface area contributed by atoms with Crippen LogP contribution < -0.4 is 0 Å². The lowest BCUT2D eigenvalue weighted by molar-refractivity contribution is 0.275. The molecule has 0 radical (unpaired) electrons. The van der Waals surface area contributed by atoms with Crippen LogP contribution in [-0.4, -0.2) is 5.11 Å². The number of hydrogen-bond acceptors (Lipinski definition) is 1. The van der Waals surface area contributed by atoms with Crippen molar-refractivity contribution in [2.24, 2.45) is 0 Å². The van der Waals surface area contributed by atoms with Crippen LogP contribution in [0, 0.1) is 5.82 Å². The smallest absolute Gasteiger partial charge is 0.142 e. The molecule has 0 aliphatic heterocycles. The van der Waals surface area contributed by atoms with E-state index in [0.29, 0.717) is 10.0 Å². The number of rotatable bonds is 1. The molecule has 0 bridgehead atoms. The van der Waals surface area contributed by atoms with Crippen molar-refractivity contribution in [3.63, 3.8) is 0 Å². The molecule has 0 heterocycles. The van der Waals surface area contributed by atoms with E-state index in [2.05, 4.69) is 15.9 Å². The number of aliphatic hydroxyl groups excluding tert-OH is 1. The van der Waals surface area contributed by atoms with Gasteiger partial charge in [-0.1, -0.05) is 12.1 Å². The van der Waals surface area contributed by atoms with Gasteiger partial charge in [0.15, 0.2) is 0 Å². The van der Waals surface area contributed by atoms with Gasteiger partial charge >= 0.3 is 0 Å². The van der Waals surface area contributed by atoms with Crippen molar-refractivity contribution in [2.45, 2.75) is 6.61 Å². The molecule has 0 fully saturated rings. The summed E-state index contributed by atoms with van der Waals surface area (Å²) in [7, 11) is 0. The maximum atomic E-state index is 12.8. The van der Waals surface area contributed by atoms with Gasteiger partial charge in [-0.3, -0.25) is 0 Å². The van der Waals surface area contributed by atoms with Crippen LogP contribution in [0.4, 0.5) is 4.39 Å². The van der Waals surface area contributed by atoms with Crippen molar-refractivity contribution in [1.82, 2.24) is 0 Å². The summed E-state index contributed by atoms with van der Waals surface area (Å²) in [6.45, 7) is -0.259.